The molecular formula is C11H21N5. The van der Waals surface area contributed by atoms with E-state index in [2.05, 4.69) is 15.0 Å². The number of nitrogens with zero attached hydrogens (tertiary/aromatic N) is 4. The minimum absolute atomic E-state index is 0.739. The molecule has 1 aliphatic rings. The Labute approximate surface area is 96.6 Å². The molecule has 0 aliphatic heterocycles. The predicted molar refractivity (Wildman–Crippen MR) is 62.7 cm³/mol. The molecule has 1 saturated carbocycles. The fourth-order valence-electron chi connectivity index (χ4n) is 2.08. The van der Waals surface area contributed by atoms with Gasteiger partial charge in [0.2, 0.25) is 0 Å². The summed E-state index contributed by atoms with van der Waals surface area (Å²) >= 11 is 0. The van der Waals surface area contributed by atoms with Gasteiger partial charge < -0.3 is 5.73 Å². The van der Waals surface area contributed by atoms with E-state index >= 15 is 0 Å². The van der Waals surface area contributed by atoms with Gasteiger partial charge in [-0.3, -0.25) is 9.58 Å². The fraction of sp³-hybridized carbons (Fsp3) is 0.818. The molecule has 1 heterocycles. The summed E-state index contributed by atoms with van der Waals surface area (Å²) in [6.07, 6.45) is 6.69. The SMILES string of the molecule is Cn1ncnc1CN(CCCN)C1CCC1. The Morgan fingerprint density at radius 2 is 2.38 bits per heavy atom. The highest BCUT2D eigenvalue weighted by Crippen LogP contribution is 2.25. The zero-order valence-corrected chi connectivity index (χ0v) is 9.97. The zero-order valence-electron chi connectivity index (χ0n) is 9.97. The Bertz CT molecular complexity index is 318. The van der Waals surface area contributed by atoms with Crippen LogP contribution in [0.2, 0.25) is 0 Å². The quantitative estimate of drug-likeness (QED) is 0.763. The van der Waals surface area contributed by atoms with Crippen molar-refractivity contribution >= 4 is 0 Å². The Kier molecular flexibility index (Phi) is 3.90. The van der Waals surface area contributed by atoms with Crippen molar-refractivity contribution in [1.29, 1.82) is 0 Å². The number of hydrogen-bond acceptors (Lipinski definition) is 4. The van der Waals surface area contributed by atoms with Crippen LogP contribution in [0.15, 0.2) is 6.33 Å². The van der Waals surface area contributed by atoms with Crippen molar-refractivity contribution in [3.05, 3.63) is 12.2 Å². The van der Waals surface area contributed by atoms with E-state index in [1.807, 2.05) is 11.7 Å². The molecule has 0 bridgehead atoms. The summed E-state index contributed by atoms with van der Waals surface area (Å²) in [5.41, 5.74) is 5.58. The van der Waals surface area contributed by atoms with Crippen molar-refractivity contribution in [2.75, 3.05) is 13.1 Å². The summed E-state index contributed by atoms with van der Waals surface area (Å²) < 4.78 is 1.86. The van der Waals surface area contributed by atoms with Crippen LogP contribution in [0.4, 0.5) is 0 Å². The molecule has 0 unspecified atom stereocenters. The lowest BCUT2D eigenvalue weighted by Gasteiger charge is -2.37. The topological polar surface area (TPSA) is 60.0 Å². The van der Waals surface area contributed by atoms with Gasteiger partial charge in [-0.2, -0.15) is 5.10 Å². The molecule has 0 atom stereocenters. The maximum absolute atomic E-state index is 5.58. The summed E-state index contributed by atoms with van der Waals surface area (Å²) in [5, 5.41) is 4.11. The van der Waals surface area contributed by atoms with E-state index in [0.29, 0.717) is 0 Å². The van der Waals surface area contributed by atoms with Gasteiger partial charge in [-0.1, -0.05) is 6.42 Å². The maximum atomic E-state index is 5.58. The summed E-state index contributed by atoms with van der Waals surface area (Å²) in [4.78, 5) is 6.78. The summed E-state index contributed by atoms with van der Waals surface area (Å²) in [7, 11) is 1.95. The molecule has 0 spiro atoms. The molecule has 90 valence electrons. The first-order chi connectivity index (χ1) is 7.81. The van der Waals surface area contributed by atoms with E-state index in [0.717, 1.165) is 37.9 Å². The zero-order chi connectivity index (χ0) is 11.4. The summed E-state index contributed by atoms with van der Waals surface area (Å²) in [6, 6.07) is 0.739. The van der Waals surface area contributed by atoms with Crippen LogP contribution in [0.1, 0.15) is 31.5 Å². The molecule has 1 aliphatic carbocycles. The number of aryl methyl sites for hydroxylation is 1. The second-order valence-corrected chi connectivity index (χ2v) is 4.50. The highest BCUT2D eigenvalue weighted by atomic mass is 15.3. The first kappa shape index (κ1) is 11.5. The largest absolute Gasteiger partial charge is 0.330 e. The monoisotopic (exact) mass is 223 g/mol. The molecule has 0 aromatic carbocycles. The molecule has 16 heavy (non-hydrogen) atoms. The second kappa shape index (κ2) is 5.41. The number of nitrogens with two attached hydrogens (primary N) is 1. The third-order valence-corrected chi connectivity index (χ3v) is 3.39. The van der Waals surface area contributed by atoms with Gasteiger partial charge in [-0.15, -0.1) is 0 Å². The molecule has 0 radical (unpaired) electrons. The number of hydrogen-bond donors (Lipinski definition) is 1. The van der Waals surface area contributed by atoms with Gasteiger partial charge in [0, 0.05) is 19.6 Å². The molecule has 2 rings (SSSR count). The van der Waals surface area contributed by atoms with E-state index < -0.39 is 0 Å². The van der Waals surface area contributed by atoms with E-state index in [9.17, 15) is 0 Å². The average Bonchev–Trinajstić information content (AvgIpc) is 2.58. The van der Waals surface area contributed by atoms with Crippen LogP contribution in [-0.4, -0.2) is 38.8 Å². The Morgan fingerprint density at radius 1 is 1.56 bits per heavy atom. The Hall–Kier alpha value is -0.940. The first-order valence-electron chi connectivity index (χ1n) is 6.08. The van der Waals surface area contributed by atoms with Crippen molar-refractivity contribution in [1.82, 2.24) is 19.7 Å². The fourth-order valence-corrected chi connectivity index (χ4v) is 2.08. The minimum Gasteiger partial charge on any atom is -0.330 e. The van der Waals surface area contributed by atoms with Gasteiger partial charge in [-0.05, 0) is 25.8 Å². The van der Waals surface area contributed by atoms with Crippen LogP contribution < -0.4 is 5.73 Å². The Morgan fingerprint density at radius 3 is 2.88 bits per heavy atom. The lowest BCUT2D eigenvalue weighted by Crippen LogP contribution is -2.41. The smallest absolute Gasteiger partial charge is 0.140 e. The highest BCUT2D eigenvalue weighted by Gasteiger charge is 2.25. The minimum atomic E-state index is 0.739. The molecule has 1 aromatic heterocycles. The van der Waals surface area contributed by atoms with Crippen LogP contribution in [0.5, 0.6) is 0 Å². The highest BCUT2D eigenvalue weighted by molar-refractivity contribution is 4.88. The van der Waals surface area contributed by atoms with E-state index in [1.165, 1.54) is 19.3 Å². The van der Waals surface area contributed by atoms with Gasteiger partial charge >= 0.3 is 0 Å². The van der Waals surface area contributed by atoms with E-state index in [4.69, 9.17) is 5.73 Å². The van der Waals surface area contributed by atoms with Crippen molar-refractivity contribution in [2.45, 2.75) is 38.3 Å². The van der Waals surface area contributed by atoms with Gasteiger partial charge in [0.15, 0.2) is 0 Å². The molecule has 0 saturated heterocycles. The van der Waals surface area contributed by atoms with Crippen LogP contribution >= 0.6 is 0 Å². The molecular weight excluding hydrogens is 202 g/mol. The molecule has 2 N–H and O–H groups in total. The molecule has 1 aromatic rings. The van der Waals surface area contributed by atoms with Gasteiger partial charge in [0.1, 0.15) is 12.2 Å². The number of aromatic nitrogens is 3. The van der Waals surface area contributed by atoms with Crippen molar-refractivity contribution < 1.29 is 0 Å². The maximum Gasteiger partial charge on any atom is 0.140 e. The van der Waals surface area contributed by atoms with Crippen LogP contribution in [0, 0.1) is 0 Å². The predicted octanol–water partition coefficient (Wildman–Crippen LogP) is 0.518. The van der Waals surface area contributed by atoms with Gasteiger partial charge in [0.05, 0.1) is 6.54 Å². The second-order valence-electron chi connectivity index (χ2n) is 4.50. The normalized spacial score (nSPS) is 16.7. The van der Waals surface area contributed by atoms with Crippen molar-refractivity contribution in [3.63, 3.8) is 0 Å². The molecule has 5 nitrogen and oxygen atoms in total. The summed E-state index contributed by atoms with van der Waals surface area (Å²) in [6.45, 7) is 2.75. The standard InChI is InChI=1S/C11H21N5/c1-15-11(13-9-14-15)8-16(7-3-6-12)10-4-2-5-10/h9-10H,2-8,12H2,1H3. The van der Waals surface area contributed by atoms with Crippen LogP contribution in [0.25, 0.3) is 0 Å². The van der Waals surface area contributed by atoms with Gasteiger partial charge in [0.25, 0.3) is 0 Å². The lowest BCUT2D eigenvalue weighted by atomic mass is 9.91. The van der Waals surface area contributed by atoms with Crippen molar-refractivity contribution in [3.8, 4) is 0 Å². The average molecular weight is 223 g/mol. The number of rotatable bonds is 6. The van der Waals surface area contributed by atoms with E-state index in [1.54, 1.807) is 6.33 Å². The van der Waals surface area contributed by atoms with Gasteiger partial charge in [-0.25, -0.2) is 4.98 Å². The third-order valence-electron chi connectivity index (χ3n) is 3.39. The van der Waals surface area contributed by atoms with Crippen LogP contribution in [0.3, 0.4) is 0 Å². The van der Waals surface area contributed by atoms with Crippen molar-refractivity contribution in [2.24, 2.45) is 12.8 Å². The molecule has 0 amide bonds. The molecule has 5 heteroatoms. The third kappa shape index (κ3) is 2.59. The lowest BCUT2D eigenvalue weighted by molar-refractivity contribution is 0.114. The molecule has 1 fully saturated rings. The Balaban J connectivity index is 1.93. The first-order valence-corrected chi connectivity index (χ1v) is 6.08. The van der Waals surface area contributed by atoms with E-state index in [-0.39, 0.29) is 0 Å². The summed E-state index contributed by atoms with van der Waals surface area (Å²) in [5.74, 6) is 1.05. The van der Waals surface area contributed by atoms with Crippen LogP contribution in [-0.2, 0) is 13.6 Å².